The Morgan fingerprint density at radius 3 is 2.40 bits per heavy atom. The minimum absolute atomic E-state index is 0.0622. The monoisotopic (exact) mass is 297 g/mol. The van der Waals surface area contributed by atoms with Gasteiger partial charge >= 0.3 is 0 Å². The topological polar surface area (TPSA) is 107 Å². The highest BCUT2D eigenvalue weighted by Gasteiger charge is 2.48. The highest BCUT2D eigenvalue weighted by Crippen LogP contribution is 2.41. The van der Waals surface area contributed by atoms with Crippen LogP contribution in [0.4, 0.5) is 5.69 Å². The van der Waals surface area contributed by atoms with Gasteiger partial charge in [0.2, 0.25) is 10.0 Å². The van der Waals surface area contributed by atoms with Gasteiger partial charge in [-0.25, -0.2) is 8.42 Å². The van der Waals surface area contributed by atoms with E-state index in [1.807, 2.05) is 0 Å². The fourth-order valence-corrected chi connectivity index (χ4v) is 4.75. The molecule has 20 heavy (non-hydrogen) atoms. The van der Waals surface area contributed by atoms with Crippen molar-refractivity contribution in [3.63, 3.8) is 0 Å². The maximum atomic E-state index is 12.6. The molecule has 8 heteroatoms. The van der Waals surface area contributed by atoms with E-state index < -0.39 is 14.9 Å². The summed E-state index contributed by atoms with van der Waals surface area (Å²) in [6, 6.07) is 5.51. The summed E-state index contributed by atoms with van der Waals surface area (Å²) in [5.74, 6) is 0.345. The molecule has 0 radical (unpaired) electrons. The molecule has 108 valence electrons. The van der Waals surface area contributed by atoms with Crippen LogP contribution in [-0.2, 0) is 10.0 Å². The minimum atomic E-state index is -3.83. The van der Waals surface area contributed by atoms with Crippen LogP contribution in [0.25, 0.3) is 0 Å². The van der Waals surface area contributed by atoms with Crippen LogP contribution in [0.1, 0.15) is 6.42 Å². The van der Waals surface area contributed by atoms with Gasteiger partial charge in [0.15, 0.2) is 4.90 Å². The molecule has 3 aliphatic rings. The van der Waals surface area contributed by atoms with Crippen molar-refractivity contribution in [2.24, 2.45) is 17.6 Å². The van der Waals surface area contributed by atoms with Gasteiger partial charge in [0.1, 0.15) is 0 Å². The van der Waals surface area contributed by atoms with Crippen molar-refractivity contribution in [2.45, 2.75) is 17.4 Å². The molecule has 0 spiro atoms. The van der Waals surface area contributed by atoms with E-state index in [9.17, 15) is 18.5 Å². The number of hydrogen-bond donors (Lipinski definition) is 1. The van der Waals surface area contributed by atoms with Crippen LogP contribution >= 0.6 is 0 Å². The Hall–Kier alpha value is -1.51. The zero-order valence-corrected chi connectivity index (χ0v) is 11.5. The lowest BCUT2D eigenvalue weighted by atomic mass is 9.67. The van der Waals surface area contributed by atoms with E-state index in [1.54, 1.807) is 0 Å². The largest absolute Gasteiger partial charge is 0.327 e. The predicted molar refractivity (Wildman–Crippen MR) is 71.4 cm³/mol. The van der Waals surface area contributed by atoms with Crippen LogP contribution in [0, 0.1) is 22.0 Å². The molecule has 0 aromatic heterocycles. The number of sulfonamides is 1. The summed E-state index contributed by atoms with van der Waals surface area (Å²) in [4.78, 5) is 10.1. The lowest BCUT2D eigenvalue weighted by Gasteiger charge is -2.51. The predicted octanol–water partition coefficient (Wildman–Crippen LogP) is 0.562. The molecule has 2 bridgehead atoms. The Morgan fingerprint density at radius 2 is 1.85 bits per heavy atom. The third-order valence-corrected chi connectivity index (χ3v) is 6.13. The Balaban J connectivity index is 1.95. The van der Waals surface area contributed by atoms with E-state index in [0.29, 0.717) is 13.1 Å². The lowest BCUT2D eigenvalue weighted by Crippen LogP contribution is -2.62. The quantitative estimate of drug-likeness (QED) is 0.648. The van der Waals surface area contributed by atoms with Gasteiger partial charge in [-0.2, -0.15) is 4.31 Å². The molecule has 2 unspecified atom stereocenters. The first kappa shape index (κ1) is 13.5. The first-order valence-corrected chi connectivity index (χ1v) is 7.84. The van der Waals surface area contributed by atoms with Crippen molar-refractivity contribution in [1.29, 1.82) is 0 Å². The van der Waals surface area contributed by atoms with Gasteiger partial charge in [0.25, 0.3) is 5.69 Å². The second-order valence-corrected chi connectivity index (χ2v) is 7.29. The van der Waals surface area contributed by atoms with Crippen molar-refractivity contribution in [3.8, 4) is 0 Å². The Bertz CT molecular complexity index is 648. The Kier molecular flexibility index (Phi) is 3.03. The second kappa shape index (κ2) is 4.51. The normalized spacial score (nSPS) is 29.8. The van der Waals surface area contributed by atoms with Crippen LogP contribution in [-0.4, -0.2) is 36.8 Å². The summed E-state index contributed by atoms with van der Waals surface area (Å²) in [6.45, 7) is 0.706. The smallest absolute Gasteiger partial charge is 0.289 e. The average Bonchev–Trinajstić information content (AvgIpc) is 2.46. The van der Waals surface area contributed by atoms with Crippen molar-refractivity contribution in [1.82, 2.24) is 4.31 Å². The Morgan fingerprint density at radius 1 is 1.25 bits per heavy atom. The summed E-state index contributed by atoms with van der Waals surface area (Å²) in [6.07, 6.45) is 0.948. The van der Waals surface area contributed by atoms with Crippen LogP contribution < -0.4 is 5.73 Å². The third kappa shape index (κ3) is 1.91. The number of rotatable bonds is 3. The first-order chi connectivity index (χ1) is 9.41. The second-order valence-electron chi connectivity index (χ2n) is 5.38. The van der Waals surface area contributed by atoms with Crippen LogP contribution in [0.2, 0.25) is 0 Å². The van der Waals surface area contributed by atoms with Crippen LogP contribution in [0.3, 0.4) is 0 Å². The van der Waals surface area contributed by atoms with E-state index in [0.717, 1.165) is 6.42 Å². The van der Waals surface area contributed by atoms with Crippen molar-refractivity contribution >= 4 is 15.7 Å². The standard InChI is InChI=1S/C12H15N3O4S/c13-12-8-5-9(12)7-14(6-8)20(18,19)11-4-2-1-3-10(11)15(16)17/h1-4,8-9,12H,5-7,13H2. The van der Waals surface area contributed by atoms with Crippen molar-refractivity contribution in [3.05, 3.63) is 34.4 Å². The maximum absolute atomic E-state index is 12.6. The van der Waals surface area contributed by atoms with E-state index in [4.69, 9.17) is 5.73 Å². The summed E-state index contributed by atoms with van der Waals surface area (Å²) in [5.41, 5.74) is 5.54. The SMILES string of the molecule is NC1C2CC1CN(S(=O)(=O)c1ccccc1[N+](=O)[O-])C2. The number of benzene rings is 1. The number of nitrogens with two attached hydrogens (primary N) is 1. The van der Waals surface area contributed by atoms with Gasteiger partial charge in [0.05, 0.1) is 4.92 Å². The van der Waals surface area contributed by atoms with E-state index in [-0.39, 0.29) is 28.5 Å². The molecule has 2 aliphatic heterocycles. The van der Waals surface area contributed by atoms with E-state index in [2.05, 4.69) is 0 Å². The van der Waals surface area contributed by atoms with Crippen molar-refractivity contribution < 1.29 is 13.3 Å². The summed E-state index contributed by atoms with van der Waals surface area (Å²) in [5, 5.41) is 11.0. The maximum Gasteiger partial charge on any atom is 0.289 e. The number of nitro benzene ring substituents is 1. The summed E-state index contributed by atoms with van der Waals surface area (Å²) in [7, 11) is -3.83. The van der Waals surface area contributed by atoms with Crippen molar-refractivity contribution in [2.75, 3.05) is 13.1 Å². The molecule has 2 saturated heterocycles. The molecule has 1 aromatic carbocycles. The molecular weight excluding hydrogens is 282 g/mol. The number of nitrogens with zero attached hydrogens (tertiary/aromatic N) is 2. The zero-order chi connectivity index (χ0) is 14.5. The summed E-state index contributed by atoms with van der Waals surface area (Å²) < 4.78 is 26.5. The van der Waals surface area contributed by atoms with Gasteiger partial charge in [-0.05, 0) is 24.3 Å². The minimum Gasteiger partial charge on any atom is -0.327 e. The molecule has 3 fully saturated rings. The van der Waals surface area contributed by atoms with Crippen LogP contribution in [0.15, 0.2) is 29.2 Å². The zero-order valence-electron chi connectivity index (χ0n) is 10.7. The van der Waals surface area contributed by atoms with Gasteiger partial charge in [-0.15, -0.1) is 0 Å². The van der Waals surface area contributed by atoms with Gasteiger partial charge in [-0.3, -0.25) is 10.1 Å². The molecule has 7 nitrogen and oxygen atoms in total. The number of fused-ring (bicyclic) bond motifs is 2. The van der Waals surface area contributed by atoms with E-state index >= 15 is 0 Å². The van der Waals surface area contributed by atoms with Gasteiger partial charge < -0.3 is 5.73 Å². The molecule has 1 aliphatic carbocycles. The molecular formula is C12H15N3O4S. The number of nitro groups is 1. The lowest BCUT2D eigenvalue weighted by molar-refractivity contribution is -0.387. The van der Waals surface area contributed by atoms with Crippen LogP contribution in [0.5, 0.6) is 0 Å². The first-order valence-electron chi connectivity index (χ1n) is 6.40. The fraction of sp³-hybridized carbons (Fsp3) is 0.500. The summed E-state index contributed by atoms with van der Waals surface area (Å²) >= 11 is 0. The number of para-hydroxylation sites is 1. The average molecular weight is 297 g/mol. The molecule has 2 heterocycles. The van der Waals surface area contributed by atoms with Gasteiger partial charge in [0, 0.05) is 25.2 Å². The molecule has 1 aromatic rings. The van der Waals surface area contributed by atoms with Gasteiger partial charge in [-0.1, -0.05) is 12.1 Å². The number of piperidine rings is 2. The third-order valence-electron chi connectivity index (χ3n) is 4.25. The molecule has 2 N–H and O–H groups in total. The van der Waals surface area contributed by atoms with E-state index in [1.165, 1.54) is 28.6 Å². The molecule has 1 saturated carbocycles. The molecule has 4 rings (SSSR count). The highest BCUT2D eigenvalue weighted by atomic mass is 32.2. The molecule has 2 atom stereocenters. The number of hydrogen-bond acceptors (Lipinski definition) is 5. The molecule has 0 amide bonds. The Labute approximate surface area is 116 Å². The fourth-order valence-electron chi connectivity index (χ4n) is 3.04. The highest BCUT2D eigenvalue weighted by molar-refractivity contribution is 7.89.